The van der Waals surface area contributed by atoms with Crippen molar-refractivity contribution >= 4 is 21.7 Å². The molecule has 2 atom stereocenters. The van der Waals surface area contributed by atoms with E-state index >= 15 is 0 Å². The molecule has 6 nitrogen and oxygen atoms in total. The van der Waals surface area contributed by atoms with Gasteiger partial charge in [0.25, 0.3) is 0 Å². The third kappa shape index (κ3) is 4.29. The maximum Gasteiger partial charge on any atom is 0.331 e. The van der Waals surface area contributed by atoms with Crippen molar-refractivity contribution in [3.63, 3.8) is 0 Å². The fourth-order valence-electron chi connectivity index (χ4n) is 1.51. The van der Waals surface area contributed by atoms with Crippen molar-refractivity contribution in [2.75, 3.05) is 13.4 Å². The summed E-state index contributed by atoms with van der Waals surface area (Å²) in [6.07, 6.45) is 2.01. The van der Waals surface area contributed by atoms with Gasteiger partial charge in [0.15, 0.2) is 9.84 Å². The largest absolute Gasteiger partial charge is 0.467 e. The number of sulfone groups is 1. The molecule has 0 bridgehead atoms. The number of carbonyl (C=O) groups excluding carboxylic acids is 2. The number of nitrogens with one attached hydrogen (secondary N) is 1. The molecule has 0 saturated heterocycles. The van der Waals surface area contributed by atoms with Crippen LogP contribution in [0.4, 0.5) is 0 Å². The Hall–Kier alpha value is -1.11. The molecule has 0 aromatic rings. The Morgan fingerprint density at radius 1 is 1.39 bits per heavy atom. The van der Waals surface area contributed by atoms with E-state index in [4.69, 9.17) is 0 Å². The normalized spacial score (nSPS) is 16.5. The summed E-state index contributed by atoms with van der Waals surface area (Å²) in [5.41, 5.74) is -1.19. The monoisotopic (exact) mass is 279 g/mol. The van der Waals surface area contributed by atoms with E-state index in [0.29, 0.717) is 12.8 Å². The minimum Gasteiger partial charge on any atom is -0.467 e. The minimum atomic E-state index is -3.49. The second-order valence-corrected chi connectivity index (χ2v) is 6.90. The van der Waals surface area contributed by atoms with Gasteiger partial charge in [0.05, 0.1) is 7.11 Å². The van der Waals surface area contributed by atoms with E-state index in [-0.39, 0.29) is 0 Å². The summed E-state index contributed by atoms with van der Waals surface area (Å²) in [5, 5.41) is 1.26. The number of hydrogen-bond acceptors (Lipinski definition) is 5. The summed E-state index contributed by atoms with van der Waals surface area (Å²) in [7, 11) is -2.26. The first-order valence-corrected chi connectivity index (χ1v) is 7.63. The smallest absolute Gasteiger partial charge is 0.331 e. The molecule has 1 N–H and O–H groups in total. The minimum absolute atomic E-state index is 0.377. The lowest BCUT2D eigenvalue weighted by Gasteiger charge is -2.28. The van der Waals surface area contributed by atoms with E-state index in [1.807, 2.05) is 6.92 Å². The van der Waals surface area contributed by atoms with E-state index in [2.05, 4.69) is 10.1 Å². The standard InChI is InChI=1S/C11H21NO5S/c1-6-7-11(3,10(14)17-4)12-9(13)8(2)18(5,15)16/h8H,6-7H2,1-5H3,(H,12,13). The summed E-state index contributed by atoms with van der Waals surface area (Å²) < 4.78 is 27.2. The molecular weight excluding hydrogens is 258 g/mol. The average Bonchev–Trinajstić information content (AvgIpc) is 2.25. The molecule has 0 aliphatic rings. The molecule has 18 heavy (non-hydrogen) atoms. The first kappa shape index (κ1) is 16.9. The van der Waals surface area contributed by atoms with E-state index in [9.17, 15) is 18.0 Å². The van der Waals surface area contributed by atoms with Gasteiger partial charge in [-0.2, -0.15) is 0 Å². The zero-order valence-electron chi connectivity index (χ0n) is 11.4. The van der Waals surface area contributed by atoms with Crippen LogP contribution in [-0.4, -0.2) is 44.4 Å². The predicted octanol–water partition coefficient (Wildman–Crippen LogP) is 0.268. The number of rotatable bonds is 6. The zero-order valence-corrected chi connectivity index (χ0v) is 12.3. The highest BCUT2D eigenvalue weighted by molar-refractivity contribution is 7.92. The Kier molecular flexibility index (Phi) is 5.79. The fraction of sp³-hybridized carbons (Fsp3) is 0.818. The lowest BCUT2D eigenvalue weighted by atomic mass is 9.96. The van der Waals surface area contributed by atoms with Crippen molar-refractivity contribution in [1.29, 1.82) is 0 Å². The third-order valence-electron chi connectivity index (χ3n) is 2.80. The van der Waals surface area contributed by atoms with Crippen molar-refractivity contribution in [3.8, 4) is 0 Å². The van der Waals surface area contributed by atoms with E-state index < -0.39 is 32.5 Å². The predicted molar refractivity (Wildman–Crippen MR) is 67.8 cm³/mol. The van der Waals surface area contributed by atoms with Crippen LogP contribution in [0.5, 0.6) is 0 Å². The molecule has 0 spiro atoms. The lowest BCUT2D eigenvalue weighted by Crippen LogP contribution is -2.55. The van der Waals surface area contributed by atoms with Gasteiger partial charge in [-0.3, -0.25) is 4.79 Å². The quantitative estimate of drug-likeness (QED) is 0.705. The molecular formula is C11H21NO5S. The fourth-order valence-corrected chi connectivity index (χ4v) is 1.96. The van der Waals surface area contributed by atoms with Crippen LogP contribution < -0.4 is 5.32 Å². The first-order chi connectivity index (χ1) is 8.08. The second-order valence-electron chi connectivity index (χ2n) is 4.53. The van der Waals surface area contributed by atoms with E-state index in [1.54, 1.807) is 0 Å². The maximum atomic E-state index is 11.8. The van der Waals surface area contributed by atoms with Gasteiger partial charge in [-0.05, 0) is 20.3 Å². The van der Waals surface area contributed by atoms with Crippen molar-refractivity contribution in [2.24, 2.45) is 0 Å². The van der Waals surface area contributed by atoms with Crippen LogP contribution in [-0.2, 0) is 24.2 Å². The number of hydrogen-bond donors (Lipinski definition) is 1. The van der Waals surface area contributed by atoms with Crippen LogP contribution in [0.2, 0.25) is 0 Å². The van der Waals surface area contributed by atoms with Crippen molar-refractivity contribution in [2.45, 2.75) is 44.4 Å². The molecule has 0 rings (SSSR count). The number of methoxy groups -OCH3 is 1. The SMILES string of the molecule is CCCC(C)(NC(=O)C(C)S(C)(=O)=O)C(=O)OC. The Morgan fingerprint density at radius 3 is 2.22 bits per heavy atom. The summed E-state index contributed by atoms with van der Waals surface area (Å²) in [4.78, 5) is 23.4. The van der Waals surface area contributed by atoms with Gasteiger partial charge in [-0.1, -0.05) is 13.3 Å². The Labute approximate surface area is 108 Å². The molecule has 0 aromatic carbocycles. The van der Waals surface area contributed by atoms with Gasteiger partial charge in [-0.25, -0.2) is 13.2 Å². The van der Waals surface area contributed by atoms with Crippen LogP contribution in [0, 0.1) is 0 Å². The van der Waals surface area contributed by atoms with Crippen LogP contribution in [0.3, 0.4) is 0 Å². The number of esters is 1. The molecule has 1 amide bonds. The number of carbonyl (C=O) groups is 2. The van der Waals surface area contributed by atoms with Gasteiger partial charge in [-0.15, -0.1) is 0 Å². The molecule has 106 valence electrons. The van der Waals surface area contributed by atoms with Gasteiger partial charge >= 0.3 is 5.97 Å². The van der Waals surface area contributed by atoms with Crippen LogP contribution >= 0.6 is 0 Å². The summed E-state index contributed by atoms with van der Waals surface area (Å²) in [5.74, 6) is -1.28. The van der Waals surface area contributed by atoms with Gasteiger partial charge in [0.2, 0.25) is 5.91 Å². The molecule has 0 aliphatic carbocycles. The molecule has 0 aliphatic heterocycles. The molecule has 7 heteroatoms. The Balaban J connectivity index is 5.02. The topological polar surface area (TPSA) is 89.5 Å². The van der Waals surface area contributed by atoms with E-state index in [0.717, 1.165) is 6.26 Å². The lowest BCUT2D eigenvalue weighted by molar-refractivity contribution is -0.150. The van der Waals surface area contributed by atoms with Gasteiger partial charge in [0, 0.05) is 6.26 Å². The Morgan fingerprint density at radius 2 is 1.89 bits per heavy atom. The number of amides is 1. The van der Waals surface area contributed by atoms with E-state index in [1.165, 1.54) is 21.0 Å². The zero-order chi connectivity index (χ0) is 14.6. The van der Waals surface area contributed by atoms with Crippen LogP contribution in [0.25, 0.3) is 0 Å². The van der Waals surface area contributed by atoms with Crippen LogP contribution in [0.1, 0.15) is 33.6 Å². The maximum absolute atomic E-state index is 11.8. The highest BCUT2D eigenvalue weighted by Gasteiger charge is 2.37. The highest BCUT2D eigenvalue weighted by atomic mass is 32.2. The molecule has 0 radical (unpaired) electrons. The van der Waals surface area contributed by atoms with Crippen LogP contribution in [0.15, 0.2) is 0 Å². The summed E-state index contributed by atoms with van der Waals surface area (Å²) >= 11 is 0. The first-order valence-electron chi connectivity index (χ1n) is 5.67. The van der Waals surface area contributed by atoms with Gasteiger partial charge in [0.1, 0.15) is 10.8 Å². The van der Waals surface area contributed by atoms with Crippen molar-refractivity contribution < 1.29 is 22.7 Å². The molecule has 0 saturated carbocycles. The molecule has 0 aromatic heterocycles. The summed E-state index contributed by atoms with van der Waals surface area (Å²) in [6, 6.07) is 0. The summed E-state index contributed by atoms with van der Waals surface area (Å²) in [6.45, 7) is 4.66. The van der Waals surface area contributed by atoms with Crippen molar-refractivity contribution in [3.05, 3.63) is 0 Å². The average molecular weight is 279 g/mol. The van der Waals surface area contributed by atoms with Crippen molar-refractivity contribution in [1.82, 2.24) is 5.32 Å². The Bertz CT molecular complexity index is 417. The highest BCUT2D eigenvalue weighted by Crippen LogP contribution is 2.15. The molecule has 0 heterocycles. The van der Waals surface area contributed by atoms with Gasteiger partial charge < -0.3 is 10.1 Å². The second kappa shape index (κ2) is 6.17. The number of ether oxygens (including phenoxy) is 1. The molecule has 2 unspecified atom stereocenters. The molecule has 0 fully saturated rings. The third-order valence-corrected chi connectivity index (χ3v) is 4.29.